The second-order valence-corrected chi connectivity index (χ2v) is 7.33. The van der Waals surface area contributed by atoms with E-state index in [0.29, 0.717) is 12.1 Å². The van der Waals surface area contributed by atoms with Gasteiger partial charge in [0.15, 0.2) is 0 Å². The zero-order valence-electron chi connectivity index (χ0n) is 16.7. The van der Waals surface area contributed by atoms with Crippen LogP contribution in [-0.2, 0) is 11.3 Å². The minimum absolute atomic E-state index is 0.278. The number of aromatic nitrogens is 1. The molecule has 29 heavy (non-hydrogen) atoms. The third-order valence-electron chi connectivity index (χ3n) is 5.52. The molecule has 1 N–H and O–H groups in total. The Morgan fingerprint density at radius 2 is 1.93 bits per heavy atom. The second-order valence-electron chi connectivity index (χ2n) is 7.33. The van der Waals surface area contributed by atoms with Crippen molar-refractivity contribution in [1.29, 1.82) is 0 Å². The number of hydrogen-bond acceptors (Lipinski definition) is 5. The molecule has 0 amide bonds. The summed E-state index contributed by atoms with van der Waals surface area (Å²) in [4.78, 5) is 19.6. The van der Waals surface area contributed by atoms with Crippen LogP contribution in [0.25, 0.3) is 16.5 Å². The van der Waals surface area contributed by atoms with Crippen LogP contribution in [-0.4, -0.2) is 41.2 Å². The van der Waals surface area contributed by atoms with Gasteiger partial charge in [0.2, 0.25) is 0 Å². The van der Waals surface area contributed by atoms with E-state index in [-0.39, 0.29) is 11.7 Å². The van der Waals surface area contributed by atoms with E-state index in [2.05, 4.69) is 11.0 Å². The number of phenols is 1. The Bertz CT molecular complexity index is 1090. The van der Waals surface area contributed by atoms with Crippen molar-refractivity contribution in [2.24, 2.45) is 0 Å². The number of para-hydroxylation sites is 1. The van der Waals surface area contributed by atoms with Crippen LogP contribution in [0.3, 0.4) is 0 Å². The maximum atomic E-state index is 12.5. The molecule has 4 rings (SSSR count). The molecule has 0 spiro atoms. The number of carbonyl (C=O) groups is 1. The molecule has 5 nitrogen and oxygen atoms in total. The van der Waals surface area contributed by atoms with Gasteiger partial charge < -0.3 is 9.84 Å². The number of aromatic hydroxyl groups is 1. The Morgan fingerprint density at radius 3 is 2.62 bits per heavy atom. The molecular weight excluding hydrogens is 364 g/mol. The number of rotatable bonds is 4. The minimum atomic E-state index is -0.340. The van der Waals surface area contributed by atoms with E-state index in [0.717, 1.165) is 47.2 Å². The van der Waals surface area contributed by atoms with E-state index in [9.17, 15) is 9.90 Å². The van der Waals surface area contributed by atoms with Crippen LogP contribution in [0.4, 0.5) is 0 Å². The van der Waals surface area contributed by atoms with Crippen LogP contribution in [0.15, 0.2) is 54.6 Å². The van der Waals surface area contributed by atoms with E-state index in [4.69, 9.17) is 9.72 Å². The number of ether oxygens (including phenoxy) is 1. The predicted octanol–water partition coefficient (Wildman–Crippen LogP) is 4.32. The highest BCUT2D eigenvalue weighted by molar-refractivity contribution is 5.98. The van der Waals surface area contributed by atoms with Crippen LogP contribution >= 0.6 is 0 Å². The van der Waals surface area contributed by atoms with Gasteiger partial charge in [0.25, 0.3) is 0 Å². The average molecular weight is 388 g/mol. The number of carbonyl (C=O) groups excluding carboxylic acids is 1. The van der Waals surface area contributed by atoms with Gasteiger partial charge in [0, 0.05) is 25.0 Å². The van der Waals surface area contributed by atoms with Gasteiger partial charge in [0.05, 0.1) is 23.9 Å². The molecule has 5 heteroatoms. The van der Waals surface area contributed by atoms with Gasteiger partial charge in [-0.05, 0) is 48.2 Å². The molecule has 1 aliphatic rings. The maximum Gasteiger partial charge on any atom is 0.340 e. The van der Waals surface area contributed by atoms with Crippen molar-refractivity contribution < 1.29 is 14.6 Å². The van der Waals surface area contributed by atoms with Gasteiger partial charge >= 0.3 is 5.97 Å². The molecule has 2 aromatic carbocycles. The van der Waals surface area contributed by atoms with Crippen molar-refractivity contribution in [2.75, 3.05) is 20.2 Å². The van der Waals surface area contributed by atoms with E-state index in [1.807, 2.05) is 43.3 Å². The SMILES string of the molecule is COC(=O)c1c(CN2CC=C(c3ccc(O)cc3)CC2)nc2ccccc2c1C. The van der Waals surface area contributed by atoms with Crippen molar-refractivity contribution >= 4 is 22.4 Å². The lowest BCUT2D eigenvalue weighted by molar-refractivity contribution is 0.0597. The molecule has 3 aromatic rings. The highest BCUT2D eigenvalue weighted by Crippen LogP contribution is 2.27. The fourth-order valence-corrected chi connectivity index (χ4v) is 3.93. The first kappa shape index (κ1) is 19.2. The van der Waals surface area contributed by atoms with Crippen molar-refractivity contribution in [3.05, 3.63) is 77.0 Å². The van der Waals surface area contributed by atoms with Crippen molar-refractivity contribution in [2.45, 2.75) is 19.9 Å². The summed E-state index contributed by atoms with van der Waals surface area (Å²) in [5, 5.41) is 10.5. The highest BCUT2D eigenvalue weighted by atomic mass is 16.5. The van der Waals surface area contributed by atoms with Crippen LogP contribution in [0.1, 0.15) is 33.6 Å². The minimum Gasteiger partial charge on any atom is -0.508 e. The monoisotopic (exact) mass is 388 g/mol. The summed E-state index contributed by atoms with van der Waals surface area (Å²) in [6, 6.07) is 15.2. The number of pyridine rings is 1. The lowest BCUT2D eigenvalue weighted by Gasteiger charge is -2.27. The normalized spacial score (nSPS) is 14.6. The Kier molecular flexibility index (Phi) is 5.32. The smallest absolute Gasteiger partial charge is 0.340 e. The zero-order valence-corrected chi connectivity index (χ0v) is 16.7. The lowest BCUT2D eigenvalue weighted by Crippen LogP contribution is -2.29. The van der Waals surface area contributed by atoms with E-state index >= 15 is 0 Å². The zero-order chi connectivity index (χ0) is 20.4. The molecule has 0 bridgehead atoms. The van der Waals surface area contributed by atoms with Crippen molar-refractivity contribution in [3.63, 3.8) is 0 Å². The molecule has 0 saturated carbocycles. The summed E-state index contributed by atoms with van der Waals surface area (Å²) >= 11 is 0. The van der Waals surface area contributed by atoms with Gasteiger partial charge in [-0.15, -0.1) is 0 Å². The third-order valence-corrected chi connectivity index (χ3v) is 5.52. The first-order valence-corrected chi connectivity index (χ1v) is 9.74. The largest absolute Gasteiger partial charge is 0.508 e. The molecule has 1 aromatic heterocycles. The number of esters is 1. The molecule has 0 fully saturated rings. The Labute approximate surface area is 170 Å². The van der Waals surface area contributed by atoms with Gasteiger partial charge in [-0.25, -0.2) is 4.79 Å². The standard InChI is InChI=1S/C24H24N2O3/c1-16-20-5-3-4-6-21(20)25-22(23(16)24(28)29-2)15-26-13-11-18(12-14-26)17-7-9-19(27)10-8-17/h3-11,27H,12-15H2,1-2H3. The number of nitrogens with zero attached hydrogens (tertiary/aromatic N) is 2. The van der Waals surface area contributed by atoms with Gasteiger partial charge in [-0.3, -0.25) is 9.88 Å². The van der Waals surface area contributed by atoms with Crippen LogP contribution in [0, 0.1) is 6.92 Å². The number of hydrogen-bond donors (Lipinski definition) is 1. The predicted molar refractivity (Wildman–Crippen MR) is 114 cm³/mol. The van der Waals surface area contributed by atoms with Crippen molar-refractivity contribution in [3.8, 4) is 5.75 Å². The molecule has 0 atom stereocenters. The fraction of sp³-hybridized carbons (Fsp3) is 0.250. The molecule has 0 radical (unpaired) electrons. The first-order valence-electron chi connectivity index (χ1n) is 9.74. The summed E-state index contributed by atoms with van der Waals surface area (Å²) in [6.45, 7) is 4.21. The number of fused-ring (bicyclic) bond motifs is 1. The summed E-state index contributed by atoms with van der Waals surface area (Å²) in [5.41, 5.74) is 5.54. The molecule has 0 saturated heterocycles. The number of phenolic OH excluding ortho intramolecular Hbond substituents is 1. The number of benzene rings is 2. The van der Waals surface area contributed by atoms with Gasteiger partial charge in [-0.1, -0.05) is 36.4 Å². The Hall–Kier alpha value is -3.18. The number of methoxy groups -OCH3 is 1. The van der Waals surface area contributed by atoms with E-state index in [1.54, 1.807) is 12.1 Å². The van der Waals surface area contributed by atoms with Crippen molar-refractivity contribution in [1.82, 2.24) is 9.88 Å². The topological polar surface area (TPSA) is 62.7 Å². The molecule has 148 valence electrons. The van der Waals surface area contributed by atoms with E-state index in [1.165, 1.54) is 12.7 Å². The lowest BCUT2D eigenvalue weighted by atomic mass is 9.98. The quantitative estimate of drug-likeness (QED) is 0.674. The van der Waals surface area contributed by atoms with Crippen LogP contribution < -0.4 is 0 Å². The average Bonchev–Trinajstić information content (AvgIpc) is 2.75. The Morgan fingerprint density at radius 1 is 1.17 bits per heavy atom. The summed E-state index contributed by atoms with van der Waals surface area (Å²) in [6.07, 6.45) is 3.12. The first-order chi connectivity index (χ1) is 14.1. The molecule has 0 unspecified atom stereocenters. The molecular formula is C24H24N2O3. The van der Waals surface area contributed by atoms with E-state index < -0.39 is 0 Å². The summed E-state index contributed by atoms with van der Waals surface area (Å²) in [7, 11) is 1.41. The fourth-order valence-electron chi connectivity index (χ4n) is 3.93. The highest BCUT2D eigenvalue weighted by Gasteiger charge is 2.22. The Balaban J connectivity index is 1.61. The summed E-state index contributed by atoms with van der Waals surface area (Å²) < 4.78 is 5.05. The van der Waals surface area contributed by atoms with Crippen LogP contribution in [0.5, 0.6) is 5.75 Å². The number of aryl methyl sites for hydroxylation is 1. The molecule has 2 heterocycles. The molecule has 1 aliphatic heterocycles. The second kappa shape index (κ2) is 8.05. The molecule has 0 aliphatic carbocycles. The van der Waals surface area contributed by atoms with Gasteiger partial charge in [0.1, 0.15) is 5.75 Å². The summed E-state index contributed by atoms with van der Waals surface area (Å²) in [5.74, 6) is -0.0621. The third kappa shape index (κ3) is 3.87. The van der Waals surface area contributed by atoms with Crippen LogP contribution in [0.2, 0.25) is 0 Å². The van der Waals surface area contributed by atoms with Gasteiger partial charge in [-0.2, -0.15) is 0 Å². The maximum absolute atomic E-state index is 12.5.